The number of aryl methyl sites for hydroxylation is 1. The van der Waals surface area contributed by atoms with Crippen LogP contribution in [0.2, 0.25) is 0 Å². The minimum atomic E-state index is -0.492. The lowest BCUT2D eigenvalue weighted by Gasteiger charge is -2.26. The van der Waals surface area contributed by atoms with Crippen LogP contribution >= 0.6 is 11.8 Å². The molecule has 0 bridgehead atoms. The Morgan fingerprint density at radius 3 is 2.50 bits per heavy atom. The second kappa shape index (κ2) is 9.23. The van der Waals surface area contributed by atoms with Crippen molar-refractivity contribution < 1.29 is 14.0 Å². The van der Waals surface area contributed by atoms with Crippen LogP contribution in [0.4, 0.5) is 4.39 Å². The summed E-state index contributed by atoms with van der Waals surface area (Å²) in [4.78, 5) is 28.7. The predicted octanol–water partition coefficient (Wildman–Crippen LogP) is 3.70. The van der Waals surface area contributed by atoms with E-state index in [1.165, 1.54) is 55.3 Å². The van der Waals surface area contributed by atoms with Gasteiger partial charge in [-0.15, -0.1) is 0 Å². The van der Waals surface area contributed by atoms with Crippen LogP contribution in [-0.4, -0.2) is 27.1 Å². The maximum Gasteiger partial charge on any atom is 0.269 e. The van der Waals surface area contributed by atoms with Crippen molar-refractivity contribution in [2.45, 2.75) is 57.1 Å². The number of benzene rings is 1. The molecule has 0 aliphatic heterocycles. The van der Waals surface area contributed by atoms with Crippen LogP contribution in [0.25, 0.3) is 0 Å². The number of thioether (sulfide) groups is 1. The third-order valence-electron chi connectivity index (χ3n) is 5.05. The SMILES string of the molecule is Cc1nc(SCC(=O)NNC(=O)c2ccc(F)cc2)n(C2CCCCC2)c1C. The quantitative estimate of drug-likeness (QED) is 0.589. The monoisotopic (exact) mass is 404 g/mol. The summed E-state index contributed by atoms with van der Waals surface area (Å²) in [5.41, 5.74) is 7.15. The Kier molecular flexibility index (Phi) is 6.72. The number of hydrogen-bond donors (Lipinski definition) is 2. The van der Waals surface area contributed by atoms with Crippen LogP contribution in [0.15, 0.2) is 29.4 Å². The first-order valence-corrected chi connectivity index (χ1v) is 10.5. The minimum absolute atomic E-state index is 0.145. The third-order valence-corrected chi connectivity index (χ3v) is 6.00. The normalized spacial score (nSPS) is 14.7. The van der Waals surface area contributed by atoms with E-state index in [0.29, 0.717) is 6.04 Å². The molecule has 3 rings (SSSR count). The highest BCUT2D eigenvalue weighted by molar-refractivity contribution is 7.99. The molecule has 6 nitrogen and oxygen atoms in total. The van der Waals surface area contributed by atoms with E-state index >= 15 is 0 Å². The standard InChI is InChI=1S/C20H25FN4O2S/c1-13-14(2)25(17-6-4-3-5-7-17)20(22-13)28-12-18(26)23-24-19(27)15-8-10-16(21)11-9-15/h8-11,17H,3-7,12H2,1-2H3,(H,23,26)(H,24,27). The smallest absolute Gasteiger partial charge is 0.269 e. The van der Waals surface area contributed by atoms with Gasteiger partial charge in [-0.2, -0.15) is 0 Å². The molecule has 1 heterocycles. The number of halogens is 1. The Hall–Kier alpha value is -2.35. The second-order valence-corrected chi connectivity index (χ2v) is 7.97. The van der Waals surface area contributed by atoms with E-state index < -0.39 is 11.7 Å². The number of carbonyl (C=O) groups excluding carboxylic acids is 2. The number of nitrogens with zero attached hydrogens (tertiary/aromatic N) is 2. The predicted molar refractivity (Wildman–Crippen MR) is 107 cm³/mol. The Bertz CT molecular complexity index is 845. The molecule has 0 unspecified atom stereocenters. The van der Waals surface area contributed by atoms with E-state index in [4.69, 9.17) is 0 Å². The molecule has 150 valence electrons. The van der Waals surface area contributed by atoms with Crippen LogP contribution in [0.3, 0.4) is 0 Å². The van der Waals surface area contributed by atoms with E-state index in [-0.39, 0.29) is 17.2 Å². The molecule has 2 N–H and O–H groups in total. The Labute approximate surface area is 168 Å². The summed E-state index contributed by atoms with van der Waals surface area (Å²) in [6.07, 6.45) is 6.01. The first-order chi connectivity index (χ1) is 13.5. The largest absolute Gasteiger partial charge is 0.320 e. The zero-order valence-corrected chi connectivity index (χ0v) is 16.9. The molecular weight excluding hydrogens is 379 g/mol. The summed E-state index contributed by atoms with van der Waals surface area (Å²) in [7, 11) is 0. The van der Waals surface area contributed by atoms with Crippen LogP contribution < -0.4 is 10.9 Å². The topological polar surface area (TPSA) is 76.0 Å². The maximum atomic E-state index is 12.9. The van der Waals surface area contributed by atoms with Crippen molar-refractivity contribution in [3.05, 3.63) is 47.0 Å². The van der Waals surface area contributed by atoms with Crippen molar-refractivity contribution in [3.8, 4) is 0 Å². The van der Waals surface area contributed by atoms with Gasteiger partial charge in [0.2, 0.25) is 5.91 Å². The number of hydrazine groups is 1. The Morgan fingerprint density at radius 1 is 1.14 bits per heavy atom. The zero-order chi connectivity index (χ0) is 20.1. The molecule has 0 saturated heterocycles. The van der Waals surface area contributed by atoms with Gasteiger partial charge >= 0.3 is 0 Å². The van der Waals surface area contributed by atoms with Crippen molar-refractivity contribution >= 4 is 23.6 Å². The number of carbonyl (C=O) groups is 2. The van der Waals surface area contributed by atoms with Crippen LogP contribution in [0, 0.1) is 19.7 Å². The fourth-order valence-electron chi connectivity index (χ4n) is 3.43. The van der Waals surface area contributed by atoms with Crippen LogP contribution in [0.5, 0.6) is 0 Å². The van der Waals surface area contributed by atoms with Gasteiger partial charge in [0.25, 0.3) is 5.91 Å². The summed E-state index contributed by atoms with van der Waals surface area (Å²) in [5, 5.41) is 0.849. The molecule has 0 radical (unpaired) electrons. The molecule has 1 aliphatic rings. The summed E-state index contributed by atoms with van der Waals surface area (Å²) < 4.78 is 15.2. The van der Waals surface area contributed by atoms with Gasteiger partial charge in [0.1, 0.15) is 5.82 Å². The van der Waals surface area contributed by atoms with Gasteiger partial charge < -0.3 is 4.57 Å². The number of amides is 2. The highest BCUT2D eigenvalue weighted by Crippen LogP contribution is 2.34. The van der Waals surface area contributed by atoms with Crippen LogP contribution in [0.1, 0.15) is 59.9 Å². The lowest BCUT2D eigenvalue weighted by molar-refractivity contribution is -0.119. The van der Waals surface area contributed by atoms with Gasteiger partial charge in [0.05, 0.1) is 11.4 Å². The van der Waals surface area contributed by atoms with Gasteiger partial charge in [-0.05, 0) is 51.0 Å². The average Bonchev–Trinajstić information content (AvgIpc) is 2.99. The van der Waals surface area contributed by atoms with Crippen molar-refractivity contribution in [1.82, 2.24) is 20.4 Å². The lowest BCUT2D eigenvalue weighted by Crippen LogP contribution is -2.42. The first kappa shape index (κ1) is 20.4. The summed E-state index contributed by atoms with van der Waals surface area (Å²) in [5.74, 6) is -1.09. The molecule has 8 heteroatoms. The highest BCUT2D eigenvalue weighted by atomic mass is 32.2. The summed E-state index contributed by atoms with van der Waals surface area (Å²) in [6.45, 7) is 4.06. The van der Waals surface area contributed by atoms with Crippen LogP contribution in [-0.2, 0) is 4.79 Å². The maximum absolute atomic E-state index is 12.9. The Balaban J connectivity index is 1.55. The van der Waals surface area contributed by atoms with Gasteiger partial charge in [0, 0.05) is 17.3 Å². The number of nitrogens with one attached hydrogen (secondary N) is 2. The van der Waals surface area contributed by atoms with E-state index in [0.717, 1.165) is 29.4 Å². The molecule has 0 atom stereocenters. The van der Waals surface area contributed by atoms with Gasteiger partial charge in [-0.25, -0.2) is 9.37 Å². The minimum Gasteiger partial charge on any atom is -0.320 e. The number of rotatable bonds is 5. The molecule has 1 fully saturated rings. The highest BCUT2D eigenvalue weighted by Gasteiger charge is 2.22. The average molecular weight is 405 g/mol. The van der Waals surface area contributed by atoms with Crippen molar-refractivity contribution in [2.75, 3.05) is 5.75 Å². The van der Waals surface area contributed by atoms with Gasteiger partial charge in [0.15, 0.2) is 5.16 Å². The molecule has 1 aromatic heterocycles. The second-order valence-electron chi connectivity index (χ2n) is 7.02. The molecule has 1 saturated carbocycles. The molecule has 1 aliphatic carbocycles. The molecule has 2 aromatic rings. The number of hydrogen-bond acceptors (Lipinski definition) is 4. The number of imidazole rings is 1. The molecule has 28 heavy (non-hydrogen) atoms. The van der Waals surface area contributed by atoms with E-state index in [2.05, 4.69) is 27.3 Å². The van der Waals surface area contributed by atoms with Gasteiger partial charge in [-0.1, -0.05) is 31.0 Å². The van der Waals surface area contributed by atoms with Crippen molar-refractivity contribution in [1.29, 1.82) is 0 Å². The van der Waals surface area contributed by atoms with E-state index in [9.17, 15) is 14.0 Å². The van der Waals surface area contributed by atoms with Crippen molar-refractivity contribution in [3.63, 3.8) is 0 Å². The Morgan fingerprint density at radius 2 is 1.82 bits per heavy atom. The van der Waals surface area contributed by atoms with E-state index in [1.54, 1.807) is 0 Å². The lowest BCUT2D eigenvalue weighted by atomic mass is 9.95. The first-order valence-electron chi connectivity index (χ1n) is 9.48. The third kappa shape index (κ3) is 4.92. The van der Waals surface area contributed by atoms with Gasteiger partial charge in [-0.3, -0.25) is 20.4 Å². The summed E-state index contributed by atoms with van der Waals surface area (Å²) >= 11 is 1.37. The molecule has 2 amide bonds. The summed E-state index contributed by atoms with van der Waals surface area (Å²) in [6, 6.07) is 5.56. The van der Waals surface area contributed by atoms with Crippen molar-refractivity contribution in [2.24, 2.45) is 0 Å². The fraction of sp³-hybridized carbons (Fsp3) is 0.450. The number of aromatic nitrogens is 2. The van der Waals surface area contributed by atoms with E-state index in [1.807, 2.05) is 6.92 Å². The molecular formula is C20H25FN4O2S. The fourth-order valence-corrected chi connectivity index (χ4v) is 4.39. The zero-order valence-electron chi connectivity index (χ0n) is 16.1. The molecule has 0 spiro atoms. The molecule has 1 aromatic carbocycles.